The van der Waals surface area contributed by atoms with Crippen molar-refractivity contribution < 1.29 is 24.5 Å². The van der Waals surface area contributed by atoms with Gasteiger partial charge in [0.25, 0.3) is 6.29 Å². The minimum absolute atomic E-state index is 0.108. The summed E-state index contributed by atoms with van der Waals surface area (Å²) >= 11 is 5.84. The van der Waals surface area contributed by atoms with Crippen LogP contribution in [-0.2, 0) is 16.0 Å². The molecule has 3 unspecified atom stereocenters. The summed E-state index contributed by atoms with van der Waals surface area (Å²) in [6.45, 7) is 2.36. The number of aliphatic hydroxyl groups is 1. The average molecular weight is 395 g/mol. The van der Waals surface area contributed by atoms with Gasteiger partial charge in [0.15, 0.2) is 0 Å². The van der Waals surface area contributed by atoms with Crippen molar-refractivity contribution in [2.45, 2.75) is 31.8 Å². The molecular formula is C19H23ClN2O5. The first kappa shape index (κ1) is 21.1. The van der Waals surface area contributed by atoms with E-state index in [0.29, 0.717) is 23.1 Å². The fourth-order valence-electron chi connectivity index (χ4n) is 2.48. The van der Waals surface area contributed by atoms with E-state index in [4.69, 9.17) is 26.2 Å². The molecule has 2 aromatic rings. The molecule has 2 rings (SSSR count). The second kappa shape index (κ2) is 10.2. The maximum Gasteiger partial charge on any atom is 0.373 e. The van der Waals surface area contributed by atoms with Crippen LogP contribution in [0.25, 0.3) is 0 Å². The van der Waals surface area contributed by atoms with Crippen LogP contribution in [0.15, 0.2) is 42.5 Å². The van der Waals surface area contributed by atoms with Crippen molar-refractivity contribution in [3.63, 3.8) is 0 Å². The van der Waals surface area contributed by atoms with Crippen LogP contribution in [0.5, 0.6) is 5.75 Å². The first-order valence-corrected chi connectivity index (χ1v) is 8.82. The van der Waals surface area contributed by atoms with Gasteiger partial charge in [-0.05, 0) is 43.2 Å². The van der Waals surface area contributed by atoms with E-state index < -0.39 is 18.4 Å². The molecule has 0 bridgehead atoms. The van der Waals surface area contributed by atoms with Gasteiger partial charge in [-0.25, -0.2) is 9.78 Å². The molecule has 1 heterocycles. The van der Waals surface area contributed by atoms with Crippen LogP contribution < -0.4 is 10.1 Å². The van der Waals surface area contributed by atoms with Crippen LogP contribution in [0, 0.1) is 0 Å². The number of aromatic nitrogens is 1. The highest BCUT2D eigenvalue weighted by Crippen LogP contribution is 2.16. The fraction of sp³-hybridized carbons (Fsp3) is 0.368. The summed E-state index contributed by atoms with van der Waals surface area (Å²) in [5.41, 5.74) is 1.57. The number of carboxylic acid groups (broad SMARTS) is 1. The van der Waals surface area contributed by atoms with E-state index >= 15 is 0 Å². The van der Waals surface area contributed by atoms with Crippen LogP contribution >= 0.6 is 11.6 Å². The Bertz CT molecular complexity index is 741. The van der Waals surface area contributed by atoms with E-state index in [9.17, 15) is 9.90 Å². The Morgan fingerprint density at radius 1 is 1.26 bits per heavy atom. The molecule has 8 heteroatoms. The average Bonchev–Trinajstić information content (AvgIpc) is 2.65. The van der Waals surface area contributed by atoms with Gasteiger partial charge in [0.2, 0.25) is 0 Å². The lowest BCUT2D eigenvalue weighted by Crippen LogP contribution is -2.32. The predicted octanol–water partition coefficient (Wildman–Crippen LogP) is 2.43. The number of halogens is 1. The molecule has 0 saturated carbocycles. The molecule has 0 spiro atoms. The zero-order valence-electron chi connectivity index (χ0n) is 15.1. The number of aliphatic hydroxyl groups excluding tert-OH is 1. The first-order chi connectivity index (χ1) is 12.9. The third-order valence-corrected chi connectivity index (χ3v) is 4.07. The van der Waals surface area contributed by atoms with E-state index in [1.54, 1.807) is 30.3 Å². The summed E-state index contributed by atoms with van der Waals surface area (Å²) in [4.78, 5) is 15.0. The van der Waals surface area contributed by atoms with Crippen LogP contribution in [-0.4, -0.2) is 47.2 Å². The number of rotatable bonds is 10. The third-order valence-electron chi connectivity index (χ3n) is 3.86. The van der Waals surface area contributed by atoms with Gasteiger partial charge >= 0.3 is 5.97 Å². The number of nitrogens with one attached hydrogen (secondary N) is 1. The summed E-state index contributed by atoms with van der Waals surface area (Å²) in [5, 5.41) is 22.7. The molecule has 146 valence electrons. The Morgan fingerprint density at radius 3 is 2.56 bits per heavy atom. The number of ether oxygens (including phenoxy) is 2. The molecule has 3 atom stereocenters. The van der Waals surface area contributed by atoms with Gasteiger partial charge < -0.3 is 25.0 Å². The van der Waals surface area contributed by atoms with E-state index in [1.165, 1.54) is 7.11 Å². The zero-order valence-corrected chi connectivity index (χ0v) is 15.9. The monoisotopic (exact) mass is 394 g/mol. The van der Waals surface area contributed by atoms with Crippen molar-refractivity contribution in [1.82, 2.24) is 10.3 Å². The maximum absolute atomic E-state index is 10.9. The predicted molar refractivity (Wildman–Crippen MR) is 101 cm³/mol. The Hall–Kier alpha value is -2.19. The highest BCUT2D eigenvalue weighted by molar-refractivity contribution is 6.29. The van der Waals surface area contributed by atoms with Crippen molar-refractivity contribution in [1.29, 1.82) is 0 Å². The SMILES string of the molecule is COC(Oc1ccc(CC(C)NCC(O)c2cccc(Cl)n2)cc1)C(=O)O. The van der Waals surface area contributed by atoms with E-state index in [0.717, 1.165) is 12.0 Å². The third kappa shape index (κ3) is 6.80. The van der Waals surface area contributed by atoms with Crippen molar-refractivity contribution >= 4 is 17.6 Å². The molecule has 0 aliphatic carbocycles. The van der Waals surface area contributed by atoms with E-state index in [2.05, 4.69) is 10.3 Å². The molecule has 0 saturated heterocycles. The highest BCUT2D eigenvalue weighted by Gasteiger charge is 2.18. The lowest BCUT2D eigenvalue weighted by atomic mass is 10.1. The largest absolute Gasteiger partial charge is 0.477 e. The summed E-state index contributed by atoms with van der Waals surface area (Å²) in [7, 11) is 1.27. The molecule has 1 aromatic heterocycles. The molecule has 0 aliphatic rings. The quantitative estimate of drug-likeness (QED) is 0.420. The second-order valence-corrected chi connectivity index (χ2v) is 6.47. The van der Waals surface area contributed by atoms with Gasteiger partial charge in [-0.15, -0.1) is 0 Å². The molecule has 0 aliphatic heterocycles. The van der Waals surface area contributed by atoms with E-state index in [-0.39, 0.29) is 6.04 Å². The Morgan fingerprint density at radius 2 is 1.96 bits per heavy atom. The van der Waals surface area contributed by atoms with Crippen molar-refractivity contribution in [2.24, 2.45) is 0 Å². The number of nitrogens with zero attached hydrogens (tertiary/aromatic N) is 1. The lowest BCUT2D eigenvalue weighted by Gasteiger charge is -2.18. The number of hydrogen-bond donors (Lipinski definition) is 3. The highest BCUT2D eigenvalue weighted by atomic mass is 35.5. The first-order valence-electron chi connectivity index (χ1n) is 8.44. The smallest absolute Gasteiger partial charge is 0.373 e. The van der Waals surface area contributed by atoms with Gasteiger partial charge in [0.05, 0.1) is 5.69 Å². The Labute approximate surface area is 162 Å². The maximum atomic E-state index is 10.9. The minimum atomic E-state index is -1.34. The number of carboxylic acids is 1. The Balaban J connectivity index is 1.83. The zero-order chi connectivity index (χ0) is 19.8. The molecule has 3 N–H and O–H groups in total. The molecule has 27 heavy (non-hydrogen) atoms. The summed E-state index contributed by atoms with van der Waals surface area (Å²) in [5.74, 6) is -0.775. The second-order valence-electron chi connectivity index (χ2n) is 6.08. The number of methoxy groups -OCH3 is 1. The van der Waals surface area contributed by atoms with Gasteiger partial charge in [-0.2, -0.15) is 0 Å². The van der Waals surface area contributed by atoms with Gasteiger partial charge in [0, 0.05) is 19.7 Å². The fourth-order valence-corrected chi connectivity index (χ4v) is 2.65. The van der Waals surface area contributed by atoms with Crippen LogP contribution in [0.4, 0.5) is 0 Å². The summed E-state index contributed by atoms with van der Waals surface area (Å²) in [6, 6.07) is 12.4. The molecular weight excluding hydrogens is 372 g/mol. The molecule has 0 fully saturated rings. The minimum Gasteiger partial charge on any atom is -0.477 e. The molecule has 0 radical (unpaired) electrons. The van der Waals surface area contributed by atoms with Crippen LogP contribution in [0.2, 0.25) is 5.15 Å². The van der Waals surface area contributed by atoms with Crippen LogP contribution in [0.3, 0.4) is 0 Å². The molecule has 0 amide bonds. The van der Waals surface area contributed by atoms with Crippen molar-refractivity contribution in [3.8, 4) is 5.75 Å². The number of hydrogen-bond acceptors (Lipinski definition) is 6. The normalized spacial score (nSPS) is 14.4. The number of pyridine rings is 1. The number of benzene rings is 1. The van der Waals surface area contributed by atoms with Gasteiger partial charge in [0.1, 0.15) is 17.0 Å². The number of aliphatic carboxylic acids is 1. The molecule has 7 nitrogen and oxygen atoms in total. The molecule has 1 aromatic carbocycles. The van der Waals surface area contributed by atoms with Crippen molar-refractivity contribution in [2.75, 3.05) is 13.7 Å². The summed E-state index contributed by atoms with van der Waals surface area (Å²) < 4.78 is 9.97. The standard InChI is InChI=1S/C19H23ClN2O5/c1-12(21-11-16(23)15-4-3-5-17(20)22-15)10-13-6-8-14(9-7-13)27-19(26-2)18(24)25/h3-9,12,16,19,21,23H,10-11H2,1-2H3,(H,24,25). The van der Waals surface area contributed by atoms with Crippen LogP contribution in [0.1, 0.15) is 24.3 Å². The van der Waals surface area contributed by atoms with Gasteiger partial charge in [-0.1, -0.05) is 29.8 Å². The summed E-state index contributed by atoms with van der Waals surface area (Å²) in [6.07, 6.45) is -1.36. The van der Waals surface area contributed by atoms with Crippen molar-refractivity contribution in [3.05, 3.63) is 58.9 Å². The Kier molecular flexibility index (Phi) is 7.99. The van der Waals surface area contributed by atoms with Gasteiger partial charge in [-0.3, -0.25) is 0 Å². The number of carbonyl (C=O) groups is 1. The topological polar surface area (TPSA) is 101 Å². The lowest BCUT2D eigenvalue weighted by molar-refractivity contribution is -0.166. The van der Waals surface area contributed by atoms with E-state index in [1.807, 2.05) is 19.1 Å².